The average Bonchev–Trinajstić information content (AvgIpc) is 2.73. The lowest BCUT2D eigenvalue weighted by atomic mass is 10.0. The van der Waals surface area contributed by atoms with E-state index in [-0.39, 0.29) is 6.42 Å². The SMILES string of the molecule is CCOc1cc(-c2ccc(CC(N)=O)cc2F)cnc1OCc1ccc(OC)cc1. The van der Waals surface area contributed by atoms with E-state index in [2.05, 4.69) is 4.98 Å². The van der Waals surface area contributed by atoms with Crippen LogP contribution >= 0.6 is 0 Å². The number of ether oxygens (including phenoxy) is 3. The van der Waals surface area contributed by atoms with Gasteiger partial charge in [-0.2, -0.15) is 0 Å². The van der Waals surface area contributed by atoms with Crippen LogP contribution in [0.15, 0.2) is 54.7 Å². The highest BCUT2D eigenvalue weighted by molar-refractivity contribution is 5.77. The van der Waals surface area contributed by atoms with E-state index < -0.39 is 11.7 Å². The van der Waals surface area contributed by atoms with Crippen LogP contribution in [0.2, 0.25) is 0 Å². The van der Waals surface area contributed by atoms with Crippen molar-refractivity contribution in [3.8, 4) is 28.5 Å². The van der Waals surface area contributed by atoms with Crippen LogP contribution in [0.5, 0.6) is 17.4 Å². The minimum absolute atomic E-state index is 0.0161. The van der Waals surface area contributed by atoms with Gasteiger partial charge in [0, 0.05) is 17.3 Å². The largest absolute Gasteiger partial charge is 0.497 e. The molecule has 0 fully saturated rings. The molecule has 0 aliphatic carbocycles. The Bertz CT molecular complexity index is 1020. The predicted octanol–water partition coefficient (Wildman–Crippen LogP) is 3.90. The maximum atomic E-state index is 14.6. The van der Waals surface area contributed by atoms with Crippen molar-refractivity contribution in [2.75, 3.05) is 13.7 Å². The van der Waals surface area contributed by atoms with Crippen LogP contribution in [0.3, 0.4) is 0 Å². The highest BCUT2D eigenvalue weighted by Gasteiger charge is 2.13. The zero-order valence-corrected chi connectivity index (χ0v) is 16.9. The average molecular weight is 410 g/mol. The van der Waals surface area contributed by atoms with Crippen LogP contribution in [0.4, 0.5) is 4.39 Å². The lowest BCUT2D eigenvalue weighted by Gasteiger charge is -2.13. The van der Waals surface area contributed by atoms with Gasteiger partial charge in [-0.1, -0.05) is 24.3 Å². The summed E-state index contributed by atoms with van der Waals surface area (Å²) >= 11 is 0. The molecule has 1 aromatic heterocycles. The zero-order chi connectivity index (χ0) is 21.5. The van der Waals surface area contributed by atoms with Crippen molar-refractivity contribution < 1.29 is 23.4 Å². The minimum atomic E-state index is -0.513. The molecular weight excluding hydrogens is 387 g/mol. The number of pyridine rings is 1. The number of rotatable bonds is 9. The number of nitrogens with two attached hydrogens (primary N) is 1. The van der Waals surface area contributed by atoms with Crippen LogP contribution in [0.1, 0.15) is 18.1 Å². The molecular formula is C23H23FN2O4. The third-order valence-electron chi connectivity index (χ3n) is 4.38. The van der Waals surface area contributed by atoms with Crippen LogP contribution in [-0.2, 0) is 17.8 Å². The van der Waals surface area contributed by atoms with E-state index in [4.69, 9.17) is 19.9 Å². The van der Waals surface area contributed by atoms with E-state index in [9.17, 15) is 9.18 Å². The van der Waals surface area contributed by atoms with Crippen LogP contribution in [0, 0.1) is 5.82 Å². The number of amides is 1. The Morgan fingerprint density at radius 1 is 1.07 bits per heavy atom. The fraction of sp³-hybridized carbons (Fsp3) is 0.217. The number of hydrogen-bond donors (Lipinski definition) is 1. The van der Waals surface area contributed by atoms with Crippen LogP contribution in [-0.4, -0.2) is 24.6 Å². The lowest BCUT2D eigenvalue weighted by Crippen LogP contribution is -2.13. The smallest absolute Gasteiger partial charge is 0.257 e. The van der Waals surface area contributed by atoms with Crippen molar-refractivity contribution in [1.29, 1.82) is 0 Å². The molecule has 0 saturated heterocycles. The molecule has 0 aliphatic rings. The molecule has 0 spiro atoms. The molecule has 7 heteroatoms. The number of aromatic nitrogens is 1. The van der Waals surface area contributed by atoms with Crippen molar-refractivity contribution >= 4 is 5.91 Å². The Hall–Kier alpha value is -3.61. The van der Waals surface area contributed by atoms with E-state index in [1.165, 1.54) is 12.3 Å². The third-order valence-corrected chi connectivity index (χ3v) is 4.38. The zero-order valence-electron chi connectivity index (χ0n) is 16.9. The number of nitrogens with zero attached hydrogens (tertiary/aromatic N) is 1. The first-order valence-corrected chi connectivity index (χ1v) is 9.45. The summed E-state index contributed by atoms with van der Waals surface area (Å²) in [6.07, 6.45) is 1.51. The highest BCUT2D eigenvalue weighted by atomic mass is 19.1. The summed E-state index contributed by atoms with van der Waals surface area (Å²) in [4.78, 5) is 15.4. The quantitative estimate of drug-likeness (QED) is 0.578. The summed E-state index contributed by atoms with van der Waals surface area (Å²) in [5.41, 5.74) is 7.52. The van der Waals surface area contributed by atoms with E-state index in [1.54, 1.807) is 25.3 Å². The Labute approximate surface area is 174 Å². The fourth-order valence-electron chi connectivity index (χ4n) is 2.92. The van der Waals surface area contributed by atoms with E-state index >= 15 is 0 Å². The minimum Gasteiger partial charge on any atom is -0.497 e. The topological polar surface area (TPSA) is 83.7 Å². The van der Waals surface area contributed by atoms with E-state index in [1.807, 2.05) is 31.2 Å². The molecule has 2 N–H and O–H groups in total. The second kappa shape index (κ2) is 9.73. The summed E-state index contributed by atoms with van der Waals surface area (Å²) in [6, 6.07) is 13.7. The first kappa shape index (κ1) is 21.1. The van der Waals surface area contributed by atoms with Gasteiger partial charge in [0.1, 0.15) is 18.2 Å². The van der Waals surface area contributed by atoms with Gasteiger partial charge in [-0.05, 0) is 42.3 Å². The summed E-state index contributed by atoms with van der Waals surface area (Å²) < 4.78 is 31.2. The molecule has 0 saturated carbocycles. The Balaban J connectivity index is 1.81. The van der Waals surface area contributed by atoms with Crippen molar-refractivity contribution in [3.63, 3.8) is 0 Å². The highest BCUT2D eigenvalue weighted by Crippen LogP contribution is 2.32. The number of halogens is 1. The van der Waals surface area contributed by atoms with Gasteiger partial charge in [0.15, 0.2) is 5.75 Å². The van der Waals surface area contributed by atoms with Gasteiger partial charge < -0.3 is 19.9 Å². The summed E-state index contributed by atoms with van der Waals surface area (Å²) in [5, 5.41) is 0. The van der Waals surface area contributed by atoms with Crippen LogP contribution < -0.4 is 19.9 Å². The number of benzene rings is 2. The normalized spacial score (nSPS) is 10.5. The second-order valence-electron chi connectivity index (χ2n) is 6.55. The summed E-state index contributed by atoms with van der Waals surface area (Å²) in [7, 11) is 1.61. The molecule has 1 amide bonds. The van der Waals surface area contributed by atoms with Gasteiger partial charge in [-0.25, -0.2) is 9.37 Å². The molecule has 30 heavy (non-hydrogen) atoms. The molecule has 0 atom stereocenters. The monoisotopic (exact) mass is 410 g/mol. The predicted molar refractivity (Wildman–Crippen MR) is 111 cm³/mol. The third kappa shape index (κ3) is 5.26. The van der Waals surface area contributed by atoms with Gasteiger partial charge in [-0.15, -0.1) is 0 Å². The van der Waals surface area contributed by atoms with E-state index in [0.717, 1.165) is 11.3 Å². The standard InChI is InChI=1S/C23H23FN2O4/c1-3-29-21-12-17(19-9-6-16(10-20(19)24)11-22(25)27)13-26-23(21)30-14-15-4-7-18(28-2)8-5-15/h4-10,12-13H,3,11,14H2,1-2H3,(H2,25,27). The summed E-state index contributed by atoms with van der Waals surface area (Å²) in [6.45, 7) is 2.55. The lowest BCUT2D eigenvalue weighted by molar-refractivity contribution is -0.117. The number of carbonyl (C=O) groups is 1. The Morgan fingerprint density at radius 2 is 1.80 bits per heavy atom. The molecule has 1 heterocycles. The van der Waals surface area contributed by atoms with Gasteiger partial charge in [0.25, 0.3) is 5.88 Å². The van der Waals surface area contributed by atoms with Crippen molar-refractivity contribution in [3.05, 3.63) is 71.7 Å². The van der Waals surface area contributed by atoms with Crippen molar-refractivity contribution in [2.24, 2.45) is 5.73 Å². The molecule has 0 radical (unpaired) electrons. The molecule has 3 aromatic rings. The number of methoxy groups -OCH3 is 1. The Kier molecular flexibility index (Phi) is 6.85. The molecule has 0 bridgehead atoms. The van der Waals surface area contributed by atoms with Crippen molar-refractivity contribution in [1.82, 2.24) is 4.98 Å². The molecule has 2 aromatic carbocycles. The number of carbonyl (C=O) groups excluding carboxylic acids is 1. The molecule has 156 valence electrons. The molecule has 0 unspecified atom stereocenters. The maximum absolute atomic E-state index is 14.6. The van der Waals surface area contributed by atoms with Crippen LogP contribution in [0.25, 0.3) is 11.1 Å². The molecule has 3 rings (SSSR count). The number of primary amides is 1. The Morgan fingerprint density at radius 3 is 2.43 bits per heavy atom. The van der Waals surface area contributed by atoms with Gasteiger partial charge >= 0.3 is 0 Å². The van der Waals surface area contributed by atoms with E-state index in [0.29, 0.717) is 41.5 Å². The van der Waals surface area contributed by atoms with Gasteiger partial charge in [0.2, 0.25) is 5.91 Å². The first-order valence-electron chi connectivity index (χ1n) is 9.45. The van der Waals surface area contributed by atoms with Gasteiger partial charge in [-0.3, -0.25) is 4.79 Å². The summed E-state index contributed by atoms with van der Waals surface area (Å²) in [5.74, 6) is 0.525. The number of hydrogen-bond acceptors (Lipinski definition) is 5. The fourth-order valence-corrected chi connectivity index (χ4v) is 2.92. The van der Waals surface area contributed by atoms with Crippen molar-refractivity contribution in [2.45, 2.75) is 20.0 Å². The maximum Gasteiger partial charge on any atom is 0.257 e. The molecule has 6 nitrogen and oxygen atoms in total. The second-order valence-corrected chi connectivity index (χ2v) is 6.55. The molecule has 0 aliphatic heterocycles. The first-order chi connectivity index (χ1) is 14.5. The van der Waals surface area contributed by atoms with Gasteiger partial charge in [0.05, 0.1) is 20.1 Å².